The zero-order valence-electron chi connectivity index (χ0n) is 10.7. The van der Waals surface area contributed by atoms with Crippen LogP contribution in [0.2, 0.25) is 0 Å². The van der Waals surface area contributed by atoms with Crippen molar-refractivity contribution in [3.8, 4) is 0 Å². The Morgan fingerprint density at radius 2 is 2.18 bits per heavy atom. The maximum absolute atomic E-state index is 9.83. The summed E-state index contributed by atoms with van der Waals surface area (Å²) in [6, 6.07) is 6.13. The summed E-state index contributed by atoms with van der Waals surface area (Å²) >= 11 is 3.46. The number of benzene rings is 1. The number of halogens is 1. The zero-order chi connectivity index (χ0) is 12.6. The summed E-state index contributed by atoms with van der Waals surface area (Å²) in [4.78, 5) is 2.27. The topological polar surface area (TPSA) is 23.5 Å². The Hall–Kier alpha value is -0.540. The van der Waals surface area contributed by atoms with Crippen LogP contribution in [-0.4, -0.2) is 18.7 Å². The van der Waals surface area contributed by atoms with Crippen LogP contribution in [0.5, 0.6) is 0 Å². The predicted octanol–water partition coefficient (Wildman–Crippen LogP) is 3.59. The van der Waals surface area contributed by atoms with Gasteiger partial charge in [-0.25, -0.2) is 0 Å². The van der Waals surface area contributed by atoms with Gasteiger partial charge in [-0.3, -0.25) is 0 Å². The standard InChI is InChI=1S/C14H20BrNO/c1-9-6-11(9)8-16(3)14-5-4-12(15)7-13(14)10(2)17/h4-5,7,9-11,17H,6,8H2,1-3H3. The third-order valence-corrected chi connectivity index (χ3v) is 4.13. The molecule has 0 aliphatic heterocycles. The van der Waals surface area contributed by atoms with Crippen molar-refractivity contribution in [2.45, 2.75) is 26.4 Å². The molecule has 0 amide bonds. The summed E-state index contributed by atoms with van der Waals surface area (Å²) in [5, 5.41) is 9.83. The van der Waals surface area contributed by atoms with Crippen LogP contribution in [0, 0.1) is 11.8 Å². The maximum atomic E-state index is 9.83. The molecule has 17 heavy (non-hydrogen) atoms. The van der Waals surface area contributed by atoms with Crippen LogP contribution in [0.15, 0.2) is 22.7 Å². The number of nitrogens with zero attached hydrogens (tertiary/aromatic N) is 1. The minimum Gasteiger partial charge on any atom is -0.389 e. The molecule has 0 saturated heterocycles. The molecule has 1 aliphatic carbocycles. The quantitative estimate of drug-likeness (QED) is 0.918. The second-order valence-corrected chi connectivity index (χ2v) is 6.15. The largest absolute Gasteiger partial charge is 0.389 e. The Morgan fingerprint density at radius 1 is 1.53 bits per heavy atom. The van der Waals surface area contributed by atoms with E-state index in [9.17, 15) is 5.11 Å². The molecule has 1 N–H and O–H groups in total. The number of anilines is 1. The lowest BCUT2D eigenvalue weighted by Gasteiger charge is -2.24. The fourth-order valence-corrected chi connectivity index (χ4v) is 2.69. The van der Waals surface area contributed by atoms with Crippen molar-refractivity contribution in [3.63, 3.8) is 0 Å². The molecule has 1 aromatic rings. The Morgan fingerprint density at radius 3 is 2.71 bits per heavy atom. The fraction of sp³-hybridized carbons (Fsp3) is 0.571. The predicted molar refractivity (Wildman–Crippen MR) is 75.3 cm³/mol. The van der Waals surface area contributed by atoms with Gasteiger partial charge in [-0.2, -0.15) is 0 Å². The first-order valence-corrected chi connectivity index (χ1v) is 6.97. The summed E-state index contributed by atoms with van der Waals surface area (Å²) in [6.45, 7) is 5.21. The summed E-state index contributed by atoms with van der Waals surface area (Å²) in [6.07, 6.45) is 0.909. The van der Waals surface area contributed by atoms with E-state index < -0.39 is 6.10 Å². The van der Waals surface area contributed by atoms with Crippen LogP contribution >= 0.6 is 15.9 Å². The molecule has 1 fully saturated rings. The minimum atomic E-state index is -0.429. The lowest BCUT2D eigenvalue weighted by molar-refractivity contribution is 0.199. The molecule has 3 heteroatoms. The Kier molecular flexibility index (Phi) is 3.79. The third-order valence-electron chi connectivity index (χ3n) is 3.64. The number of aliphatic hydroxyl groups is 1. The highest BCUT2D eigenvalue weighted by Crippen LogP contribution is 2.39. The second kappa shape index (κ2) is 4.99. The van der Waals surface area contributed by atoms with E-state index in [1.54, 1.807) is 0 Å². The molecule has 0 heterocycles. The van der Waals surface area contributed by atoms with Gasteiger partial charge in [0, 0.05) is 29.3 Å². The fourth-order valence-electron chi connectivity index (χ4n) is 2.31. The Bertz CT molecular complexity index is 405. The molecular weight excluding hydrogens is 278 g/mol. The van der Waals surface area contributed by atoms with Gasteiger partial charge in [-0.1, -0.05) is 22.9 Å². The van der Waals surface area contributed by atoms with Crippen LogP contribution in [0.25, 0.3) is 0 Å². The molecule has 0 spiro atoms. The summed E-state index contributed by atoms with van der Waals surface area (Å²) in [5.41, 5.74) is 2.14. The first-order valence-electron chi connectivity index (χ1n) is 6.17. The number of hydrogen-bond donors (Lipinski definition) is 1. The van der Waals surface area contributed by atoms with Gasteiger partial charge in [0.25, 0.3) is 0 Å². The monoisotopic (exact) mass is 297 g/mol. The van der Waals surface area contributed by atoms with E-state index in [2.05, 4.69) is 40.9 Å². The molecule has 1 saturated carbocycles. The summed E-state index contributed by atoms with van der Waals surface area (Å²) < 4.78 is 1.02. The van der Waals surface area contributed by atoms with E-state index in [0.29, 0.717) is 0 Å². The van der Waals surface area contributed by atoms with Crippen LogP contribution in [0.4, 0.5) is 5.69 Å². The van der Waals surface area contributed by atoms with E-state index in [1.807, 2.05) is 19.1 Å². The summed E-state index contributed by atoms with van der Waals surface area (Å²) in [7, 11) is 2.11. The maximum Gasteiger partial charge on any atom is 0.0782 e. The molecule has 3 atom stereocenters. The molecule has 1 aromatic carbocycles. The highest BCUT2D eigenvalue weighted by molar-refractivity contribution is 9.10. The third kappa shape index (κ3) is 3.02. The van der Waals surface area contributed by atoms with Gasteiger partial charge < -0.3 is 10.0 Å². The molecule has 0 radical (unpaired) electrons. The van der Waals surface area contributed by atoms with Gasteiger partial charge in [0.2, 0.25) is 0 Å². The van der Waals surface area contributed by atoms with Gasteiger partial charge in [-0.15, -0.1) is 0 Å². The molecule has 0 aromatic heterocycles. The van der Waals surface area contributed by atoms with Crippen molar-refractivity contribution >= 4 is 21.6 Å². The van der Waals surface area contributed by atoms with E-state index in [0.717, 1.165) is 34.1 Å². The molecule has 2 rings (SSSR count). The minimum absolute atomic E-state index is 0.429. The average molecular weight is 298 g/mol. The average Bonchev–Trinajstić information content (AvgIpc) is 2.93. The summed E-state index contributed by atoms with van der Waals surface area (Å²) in [5.74, 6) is 1.69. The lowest BCUT2D eigenvalue weighted by Crippen LogP contribution is -2.22. The number of hydrogen-bond acceptors (Lipinski definition) is 2. The van der Waals surface area contributed by atoms with Crippen molar-refractivity contribution in [1.29, 1.82) is 0 Å². The van der Waals surface area contributed by atoms with Gasteiger partial charge in [0.1, 0.15) is 0 Å². The van der Waals surface area contributed by atoms with Gasteiger partial charge in [-0.05, 0) is 43.4 Å². The van der Waals surface area contributed by atoms with E-state index in [1.165, 1.54) is 6.42 Å². The van der Waals surface area contributed by atoms with Gasteiger partial charge in [0.05, 0.1) is 6.10 Å². The van der Waals surface area contributed by atoms with E-state index in [-0.39, 0.29) is 0 Å². The smallest absolute Gasteiger partial charge is 0.0782 e. The molecule has 0 bridgehead atoms. The Balaban J connectivity index is 2.18. The van der Waals surface area contributed by atoms with Crippen molar-refractivity contribution in [2.75, 3.05) is 18.5 Å². The van der Waals surface area contributed by atoms with Gasteiger partial charge >= 0.3 is 0 Å². The molecular formula is C14H20BrNO. The van der Waals surface area contributed by atoms with Crippen molar-refractivity contribution < 1.29 is 5.11 Å². The van der Waals surface area contributed by atoms with Crippen LogP contribution in [0.3, 0.4) is 0 Å². The second-order valence-electron chi connectivity index (χ2n) is 5.23. The number of aliphatic hydroxyl groups excluding tert-OH is 1. The highest BCUT2D eigenvalue weighted by Gasteiger charge is 2.33. The van der Waals surface area contributed by atoms with Crippen LogP contribution in [0.1, 0.15) is 31.9 Å². The number of rotatable bonds is 4. The van der Waals surface area contributed by atoms with E-state index >= 15 is 0 Å². The van der Waals surface area contributed by atoms with Crippen molar-refractivity contribution in [2.24, 2.45) is 11.8 Å². The van der Waals surface area contributed by atoms with Crippen molar-refractivity contribution in [3.05, 3.63) is 28.2 Å². The van der Waals surface area contributed by atoms with E-state index in [4.69, 9.17) is 0 Å². The van der Waals surface area contributed by atoms with Gasteiger partial charge in [0.15, 0.2) is 0 Å². The first-order chi connectivity index (χ1) is 7.99. The van der Waals surface area contributed by atoms with Crippen LogP contribution < -0.4 is 4.90 Å². The first kappa shape index (κ1) is 12.9. The molecule has 94 valence electrons. The Labute approximate surface area is 112 Å². The lowest BCUT2D eigenvalue weighted by atomic mass is 10.1. The molecule has 3 unspecified atom stereocenters. The van der Waals surface area contributed by atoms with Crippen molar-refractivity contribution in [1.82, 2.24) is 0 Å². The molecule has 1 aliphatic rings. The highest BCUT2D eigenvalue weighted by atomic mass is 79.9. The van der Waals surface area contributed by atoms with Crippen LogP contribution in [-0.2, 0) is 0 Å². The molecule has 2 nitrogen and oxygen atoms in total. The normalized spacial score (nSPS) is 24.5. The zero-order valence-corrected chi connectivity index (χ0v) is 12.2. The SMILES string of the molecule is CC(O)c1cc(Br)ccc1N(C)CC1CC1C.